The van der Waals surface area contributed by atoms with Crippen molar-refractivity contribution in [2.24, 2.45) is 5.92 Å². The first kappa shape index (κ1) is 16.0. The number of hydrogen-bond acceptors (Lipinski definition) is 4. The summed E-state index contributed by atoms with van der Waals surface area (Å²) in [6.07, 6.45) is 8.35. The lowest BCUT2D eigenvalue weighted by Crippen LogP contribution is -2.35. The highest BCUT2D eigenvalue weighted by Crippen LogP contribution is 2.64. The van der Waals surface area contributed by atoms with Crippen molar-refractivity contribution in [2.45, 2.75) is 64.9 Å². The molecule has 0 bridgehead atoms. The number of hydrogen-bond donors (Lipinski definition) is 0. The first-order valence-electron chi connectivity index (χ1n) is 8.84. The first-order valence-corrected chi connectivity index (χ1v) is 10.5. The topological polar surface area (TPSA) is 20.3 Å². The Bertz CT molecular complexity index is 572. The van der Waals surface area contributed by atoms with Crippen LogP contribution >= 0.6 is 23.5 Å². The van der Waals surface area contributed by atoms with Crippen molar-refractivity contribution in [3.8, 4) is 0 Å². The molecule has 1 aromatic carbocycles. The summed E-state index contributed by atoms with van der Waals surface area (Å²) in [5.74, 6) is 1.30. The second-order valence-electron chi connectivity index (χ2n) is 7.29. The van der Waals surface area contributed by atoms with Crippen molar-refractivity contribution in [3.63, 3.8) is 0 Å². The van der Waals surface area contributed by atoms with E-state index in [0.29, 0.717) is 15.9 Å². The molecule has 1 spiro atoms. The minimum absolute atomic E-state index is 0.472. The number of benzene rings is 1. The SMILES string of the molecule is CN1CCC2CCC(=O)CC21.c1ccc2c(c1)SC1(CCC1)S2. The second kappa shape index (κ2) is 6.45. The highest BCUT2D eigenvalue weighted by molar-refractivity contribution is 8.20. The van der Waals surface area contributed by atoms with Crippen LogP contribution in [0.5, 0.6) is 0 Å². The zero-order chi connectivity index (χ0) is 15.9. The van der Waals surface area contributed by atoms with Gasteiger partial charge < -0.3 is 4.90 Å². The van der Waals surface area contributed by atoms with Crippen molar-refractivity contribution in [2.75, 3.05) is 13.6 Å². The van der Waals surface area contributed by atoms with E-state index < -0.39 is 0 Å². The molecule has 2 atom stereocenters. The van der Waals surface area contributed by atoms with E-state index in [1.165, 1.54) is 42.0 Å². The molecule has 2 unspecified atom stereocenters. The molecule has 3 fully saturated rings. The van der Waals surface area contributed by atoms with E-state index in [9.17, 15) is 4.79 Å². The Kier molecular flexibility index (Phi) is 4.50. The predicted molar refractivity (Wildman–Crippen MR) is 98.1 cm³/mol. The summed E-state index contributed by atoms with van der Waals surface area (Å²) in [5, 5.41) is 0. The summed E-state index contributed by atoms with van der Waals surface area (Å²) in [7, 11) is 2.14. The van der Waals surface area contributed by atoms with Crippen molar-refractivity contribution in [1.82, 2.24) is 4.90 Å². The van der Waals surface area contributed by atoms with Crippen LogP contribution in [-0.2, 0) is 4.79 Å². The minimum Gasteiger partial charge on any atom is -0.303 e. The summed E-state index contributed by atoms with van der Waals surface area (Å²) in [5.41, 5.74) is 0. The molecule has 0 aromatic heterocycles. The van der Waals surface area contributed by atoms with Gasteiger partial charge in [0.1, 0.15) is 5.78 Å². The summed E-state index contributed by atoms with van der Waals surface area (Å²) < 4.78 is 0.559. The van der Waals surface area contributed by atoms with Gasteiger partial charge in [-0.15, -0.1) is 23.5 Å². The highest BCUT2D eigenvalue weighted by atomic mass is 32.2. The van der Waals surface area contributed by atoms with Crippen LogP contribution < -0.4 is 0 Å². The lowest BCUT2D eigenvalue weighted by atomic mass is 9.84. The van der Waals surface area contributed by atoms with E-state index in [4.69, 9.17) is 0 Å². The number of ketones is 1. The molecule has 0 amide bonds. The van der Waals surface area contributed by atoms with Gasteiger partial charge in [0.15, 0.2) is 0 Å². The Balaban J connectivity index is 0.000000118. The maximum absolute atomic E-state index is 11.1. The van der Waals surface area contributed by atoms with E-state index in [2.05, 4.69) is 59.7 Å². The Labute approximate surface area is 147 Å². The van der Waals surface area contributed by atoms with Gasteiger partial charge in [-0.2, -0.15) is 0 Å². The van der Waals surface area contributed by atoms with Crippen LogP contribution in [0.4, 0.5) is 0 Å². The molecule has 2 nitrogen and oxygen atoms in total. The molecule has 0 N–H and O–H groups in total. The van der Waals surface area contributed by atoms with Gasteiger partial charge in [0.25, 0.3) is 0 Å². The minimum atomic E-state index is 0.472. The number of carbonyl (C=O) groups is 1. The van der Waals surface area contributed by atoms with Crippen LogP contribution in [0, 0.1) is 5.92 Å². The van der Waals surface area contributed by atoms with Crippen molar-refractivity contribution < 1.29 is 4.79 Å². The Hall–Kier alpha value is -0.450. The van der Waals surface area contributed by atoms with Gasteiger partial charge in [0, 0.05) is 28.7 Å². The average Bonchev–Trinajstić information content (AvgIpc) is 3.09. The van der Waals surface area contributed by atoms with Crippen LogP contribution in [-0.4, -0.2) is 34.4 Å². The molecule has 0 radical (unpaired) electrons. The average molecular weight is 348 g/mol. The molecule has 4 aliphatic rings. The van der Waals surface area contributed by atoms with Gasteiger partial charge in [0.2, 0.25) is 0 Å². The van der Waals surface area contributed by atoms with E-state index in [1.807, 2.05) is 0 Å². The molecule has 23 heavy (non-hydrogen) atoms. The van der Waals surface area contributed by atoms with E-state index in [0.717, 1.165) is 25.2 Å². The maximum atomic E-state index is 11.1. The first-order chi connectivity index (χ1) is 11.2. The largest absolute Gasteiger partial charge is 0.303 e. The summed E-state index contributed by atoms with van der Waals surface area (Å²) >= 11 is 4.18. The third kappa shape index (κ3) is 3.22. The third-order valence-corrected chi connectivity index (χ3v) is 9.09. The van der Waals surface area contributed by atoms with Gasteiger partial charge in [-0.05, 0) is 63.7 Å². The van der Waals surface area contributed by atoms with Gasteiger partial charge in [-0.25, -0.2) is 0 Å². The van der Waals surface area contributed by atoms with Crippen molar-refractivity contribution in [1.29, 1.82) is 0 Å². The zero-order valence-corrected chi connectivity index (χ0v) is 15.4. The lowest BCUT2D eigenvalue weighted by Gasteiger charge is -2.35. The molecule has 4 heteroatoms. The molecule has 2 aliphatic heterocycles. The molecule has 1 saturated heterocycles. The number of nitrogens with zero attached hydrogens (tertiary/aromatic N) is 1. The normalized spacial score (nSPS) is 31.1. The van der Waals surface area contributed by atoms with Crippen LogP contribution in [0.1, 0.15) is 44.9 Å². The molecule has 124 valence electrons. The smallest absolute Gasteiger partial charge is 0.134 e. The zero-order valence-electron chi connectivity index (χ0n) is 13.8. The molecular formula is C19H25NOS2. The second-order valence-corrected chi connectivity index (χ2v) is 10.4. The van der Waals surface area contributed by atoms with Gasteiger partial charge in [-0.3, -0.25) is 4.79 Å². The fourth-order valence-electron chi connectivity index (χ4n) is 4.14. The van der Waals surface area contributed by atoms with Crippen molar-refractivity contribution in [3.05, 3.63) is 24.3 Å². The van der Waals surface area contributed by atoms with E-state index >= 15 is 0 Å². The number of fused-ring (bicyclic) bond motifs is 2. The molecular weight excluding hydrogens is 322 g/mol. The van der Waals surface area contributed by atoms with Gasteiger partial charge >= 0.3 is 0 Å². The Morgan fingerprint density at radius 3 is 2.43 bits per heavy atom. The Morgan fingerprint density at radius 2 is 1.83 bits per heavy atom. The van der Waals surface area contributed by atoms with Gasteiger partial charge in [0.05, 0.1) is 4.08 Å². The standard InChI is InChI=1S/C10H10S2.C9H15NO/c1-2-5-9-8(4-1)11-10(12-9)6-3-7-10;1-10-5-4-7-2-3-8(11)6-9(7)10/h1-2,4-5H,3,6-7H2;7,9H,2-6H2,1H3. The van der Waals surface area contributed by atoms with Crippen LogP contribution in [0.25, 0.3) is 0 Å². The number of rotatable bonds is 0. The monoisotopic (exact) mass is 347 g/mol. The van der Waals surface area contributed by atoms with Crippen molar-refractivity contribution >= 4 is 29.3 Å². The predicted octanol–water partition coefficient (Wildman–Crippen LogP) is 4.82. The summed E-state index contributed by atoms with van der Waals surface area (Å²) in [6, 6.07) is 9.38. The molecule has 2 saturated carbocycles. The fourth-order valence-corrected chi connectivity index (χ4v) is 7.51. The highest BCUT2D eigenvalue weighted by Gasteiger charge is 2.43. The maximum Gasteiger partial charge on any atom is 0.134 e. The quantitative estimate of drug-likeness (QED) is 0.670. The van der Waals surface area contributed by atoms with E-state index in [-0.39, 0.29) is 0 Å². The van der Waals surface area contributed by atoms with Gasteiger partial charge in [-0.1, -0.05) is 12.1 Å². The van der Waals surface area contributed by atoms with Crippen LogP contribution in [0.2, 0.25) is 0 Å². The molecule has 1 aromatic rings. The molecule has 2 heterocycles. The number of carbonyl (C=O) groups excluding carboxylic acids is 1. The summed E-state index contributed by atoms with van der Waals surface area (Å²) in [6.45, 7) is 1.20. The fraction of sp³-hybridized carbons (Fsp3) is 0.632. The number of thioether (sulfide) groups is 2. The van der Waals surface area contributed by atoms with Crippen LogP contribution in [0.15, 0.2) is 34.1 Å². The van der Waals surface area contributed by atoms with E-state index in [1.54, 1.807) is 0 Å². The molecule has 5 rings (SSSR count). The molecule has 2 aliphatic carbocycles. The summed E-state index contributed by atoms with van der Waals surface area (Å²) in [4.78, 5) is 16.5. The number of likely N-dealkylation sites (tertiary alicyclic amines) is 1. The number of Topliss-reactive ketones (excluding diaryl/α,β-unsaturated/α-hetero) is 1. The third-order valence-electron chi connectivity index (χ3n) is 5.75. The lowest BCUT2D eigenvalue weighted by molar-refractivity contribution is -0.122. The Morgan fingerprint density at radius 1 is 1.13 bits per heavy atom. The van der Waals surface area contributed by atoms with Crippen LogP contribution in [0.3, 0.4) is 0 Å².